The second-order valence-electron chi connectivity index (χ2n) is 6.53. The molecule has 4 rings (SSSR count). The van der Waals surface area contributed by atoms with Gasteiger partial charge in [-0.25, -0.2) is 8.78 Å². The molecule has 2 atom stereocenters. The van der Waals surface area contributed by atoms with Crippen molar-refractivity contribution < 1.29 is 35.1 Å². The number of nitrogens with zero attached hydrogens (tertiary/aromatic N) is 2. The van der Waals surface area contributed by atoms with Crippen molar-refractivity contribution in [1.82, 2.24) is 14.8 Å². The third kappa shape index (κ3) is 3.15. The summed E-state index contributed by atoms with van der Waals surface area (Å²) in [7, 11) is 0. The number of carbonyl (C=O) groups is 2. The standard InChI is InChI=1S/C19H17F2N3O5/c1-9-8-29-14-7-23-6-12(16(25)17(26)15(23)19(28)24(9)14)18(27)22-5-10-2-3-11(20)4-13(10)21/h2-4,6,9,14,26H,5,7-8H2,1H3,(H,22,27)/t9-,14+/m0/s1/i2D,3D,4D,5+1D2. The van der Waals surface area contributed by atoms with E-state index in [0.717, 1.165) is 10.8 Å². The maximum atomic E-state index is 14.4. The molecule has 1 fully saturated rings. The smallest absolute Gasteiger partial charge is 0.276 e. The molecular weight excluding hydrogens is 389 g/mol. The Morgan fingerprint density at radius 1 is 1.45 bits per heavy atom. The van der Waals surface area contributed by atoms with Crippen LogP contribution in [0.3, 0.4) is 0 Å². The first kappa shape index (κ1) is 13.8. The fourth-order valence-electron chi connectivity index (χ4n) is 3.27. The van der Waals surface area contributed by atoms with Gasteiger partial charge < -0.3 is 24.6 Å². The lowest BCUT2D eigenvalue weighted by Crippen LogP contribution is -2.49. The van der Waals surface area contributed by atoms with Crippen molar-refractivity contribution in [3.63, 3.8) is 0 Å². The highest BCUT2D eigenvalue weighted by Crippen LogP contribution is 2.29. The van der Waals surface area contributed by atoms with Crippen LogP contribution in [0.1, 0.15) is 40.2 Å². The Kier molecular flexibility index (Phi) is 3.32. The highest BCUT2D eigenvalue weighted by atomic mass is 19.1. The van der Waals surface area contributed by atoms with Crippen LogP contribution in [0.15, 0.2) is 29.1 Å². The number of fused-ring (bicyclic) bond motifs is 2. The van der Waals surface area contributed by atoms with Gasteiger partial charge in [-0.15, -0.1) is 0 Å². The molecule has 152 valence electrons. The molecule has 2 amide bonds. The van der Waals surface area contributed by atoms with Crippen LogP contribution in [0, 0.1) is 11.6 Å². The number of nitrogens with one attached hydrogen (secondary N) is 1. The first-order valence-corrected chi connectivity index (χ1v) is 8.46. The van der Waals surface area contributed by atoms with Crippen molar-refractivity contribution >= 4 is 11.8 Å². The number of aromatic nitrogens is 1. The lowest BCUT2D eigenvalue weighted by molar-refractivity contribution is 0.00624. The molecule has 29 heavy (non-hydrogen) atoms. The summed E-state index contributed by atoms with van der Waals surface area (Å²) in [5.41, 5.74) is -3.76. The quantitative estimate of drug-likeness (QED) is 0.733. The molecule has 0 bridgehead atoms. The molecule has 1 aromatic heterocycles. The van der Waals surface area contributed by atoms with E-state index >= 15 is 0 Å². The predicted molar refractivity (Wildman–Crippen MR) is 95.3 cm³/mol. The fraction of sp³-hybridized carbons (Fsp3) is 0.316. The average Bonchev–Trinajstić information content (AvgIpc) is 3.13. The summed E-state index contributed by atoms with van der Waals surface area (Å²) < 4.78 is 73.2. The van der Waals surface area contributed by atoms with Gasteiger partial charge in [0.25, 0.3) is 11.8 Å². The first-order chi connectivity index (χ1) is 15.8. The van der Waals surface area contributed by atoms with Crippen LogP contribution in [0.2, 0.25) is 0 Å². The summed E-state index contributed by atoms with van der Waals surface area (Å²) in [6, 6.07) is -4.27. The monoisotopic (exact) mass is 411 g/mol. The predicted octanol–water partition coefficient (Wildman–Crippen LogP) is 0.963. The van der Waals surface area contributed by atoms with Crippen molar-refractivity contribution in [1.29, 1.82) is 0 Å². The molecule has 2 aliphatic rings. The summed E-state index contributed by atoms with van der Waals surface area (Å²) in [5, 5.41) is 12.1. The van der Waals surface area contributed by atoms with Gasteiger partial charge in [-0.2, -0.15) is 0 Å². The lowest BCUT2D eigenvalue weighted by Gasteiger charge is -2.33. The molecular formula is C19H17F2N3O5. The normalized spacial score (nSPS) is 23.3. The van der Waals surface area contributed by atoms with Crippen molar-refractivity contribution in [2.24, 2.45) is 0 Å². The second kappa shape index (κ2) is 6.96. The maximum Gasteiger partial charge on any atom is 0.276 e. The van der Waals surface area contributed by atoms with Gasteiger partial charge >= 0.3 is 0 Å². The molecule has 0 unspecified atom stereocenters. The van der Waals surface area contributed by atoms with E-state index in [1.54, 1.807) is 12.2 Å². The second-order valence-corrected chi connectivity index (χ2v) is 6.53. The molecule has 1 aromatic carbocycles. The maximum absolute atomic E-state index is 14.4. The molecule has 10 heteroatoms. The molecule has 2 N–H and O–H groups in total. The van der Waals surface area contributed by atoms with E-state index in [2.05, 4.69) is 0 Å². The van der Waals surface area contributed by atoms with Gasteiger partial charge in [0, 0.05) is 24.3 Å². The summed E-state index contributed by atoms with van der Waals surface area (Å²) in [4.78, 5) is 39.5. The Morgan fingerprint density at radius 3 is 2.97 bits per heavy atom. The number of hydrogen-bond donors (Lipinski definition) is 2. The largest absolute Gasteiger partial charge is 0.503 e. The van der Waals surface area contributed by atoms with Crippen LogP contribution in [0.4, 0.5) is 8.78 Å². The van der Waals surface area contributed by atoms with Crippen molar-refractivity contribution in [3.8, 4) is 5.75 Å². The fourth-order valence-corrected chi connectivity index (χ4v) is 3.27. The minimum Gasteiger partial charge on any atom is -0.503 e. The average molecular weight is 411 g/mol. The summed E-state index contributed by atoms with van der Waals surface area (Å²) in [5.74, 6) is -6.67. The summed E-state index contributed by atoms with van der Waals surface area (Å²) in [6.07, 6.45) is 0.197. The molecule has 2 aliphatic heterocycles. The molecule has 3 heterocycles. The van der Waals surface area contributed by atoms with Crippen molar-refractivity contribution in [2.45, 2.75) is 32.2 Å². The minimum absolute atomic E-state index is 0.0414. The van der Waals surface area contributed by atoms with Gasteiger partial charge in [0.1, 0.15) is 17.2 Å². The Labute approximate surface area is 170 Å². The van der Waals surface area contributed by atoms with Gasteiger partial charge in [-0.1, -0.05) is 6.04 Å². The Hall–Kier alpha value is -3.27. The number of ether oxygens (including phenoxy) is 1. The number of amides is 2. The first-order valence-electron chi connectivity index (χ1n) is 11.0. The number of rotatable bonds is 3. The Bertz CT molecular complexity index is 1290. The van der Waals surface area contributed by atoms with E-state index in [0.29, 0.717) is 0 Å². The SMILES string of the molecule is [2H]c1c([2H])c([13C]([2H])([2H])NC(=O)c2cn3c(c(O)c2=O)C(=O)N2[C@@H](C)CO[C@@H]2C3)c(F)c([2H])c1F. The molecule has 2 aromatic rings. The Morgan fingerprint density at radius 2 is 2.21 bits per heavy atom. The number of carbonyl (C=O) groups excluding carboxylic acids is 2. The van der Waals surface area contributed by atoms with Gasteiger partial charge in [-0.3, -0.25) is 14.4 Å². The zero-order chi connectivity index (χ0) is 25.3. The van der Waals surface area contributed by atoms with Crippen LogP contribution in [-0.2, 0) is 17.8 Å². The van der Waals surface area contributed by atoms with Crippen molar-refractivity contribution in [3.05, 3.63) is 63.0 Å². The van der Waals surface area contributed by atoms with Crippen LogP contribution in [-0.4, -0.2) is 45.3 Å². The summed E-state index contributed by atoms with van der Waals surface area (Å²) in [6.45, 7) is -1.36. The zero-order valence-corrected chi connectivity index (χ0v) is 14.9. The van der Waals surface area contributed by atoms with Gasteiger partial charge in [0.2, 0.25) is 5.43 Å². The molecule has 1 saturated heterocycles. The number of pyridine rings is 1. The molecule has 0 spiro atoms. The van der Waals surface area contributed by atoms with Crippen LogP contribution >= 0.6 is 0 Å². The number of aromatic hydroxyl groups is 1. The molecule has 8 nitrogen and oxygen atoms in total. The highest BCUT2D eigenvalue weighted by Gasteiger charge is 2.42. The van der Waals surface area contributed by atoms with Crippen LogP contribution in [0.25, 0.3) is 0 Å². The van der Waals surface area contributed by atoms with E-state index in [1.807, 2.05) is 0 Å². The van der Waals surface area contributed by atoms with E-state index in [-0.39, 0.29) is 24.9 Å². The molecule has 0 aliphatic carbocycles. The van der Waals surface area contributed by atoms with E-state index < -0.39 is 76.6 Å². The van der Waals surface area contributed by atoms with Crippen LogP contribution in [0.5, 0.6) is 5.75 Å². The lowest BCUT2D eigenvalue weighted by atomic mass is 10.1. The number of hydrogen-bond acceptors (Lipinski definition) is 5. The third-order valence-corrected chi connectivity index (χ3v) is 4.64. The van der Waals surface area contributed by atoms with Gasteiger partial charge in [0.05, 0.1) is 26.0 Å². The third-order valence-electron chi connectivity index (χ3n) is 4.64. The number of halogens is 2. The van der Waals surface area contributed by atoms with Crippen LogP contribution < -0.4 is 10.7 Å². The Balaban J connectivity index is 1.74. The molecule has 0 saturated carbocycles. The topological polar surface area (TPSA) is 101 Å². The van der Waals surface area contributed by atoms with Gasteiger partial charge in [-0.05, 0) is 13.0 Å². The minimum atomic E-state index is -3.25. The van der Waals surface area contributed by atoms with E-state index in [4.69, 9.17) is 11.6 Å². The van der Waals surface area contributed by atoms with Crippen molar-refractivity contribution in [2.75, 3.05) is 6.61 Å². The van der Waals surface area contributed by atoms with E-state index in [1.165, 1.54) is 4.90 Å². The van der Waals surface area contributed by atoms with E-state index in [9.17, 15) is 28.3 Å². The summed E-state index contributed by atoms with van der Waals surface area (Å²) >= 11 is 0. The van der Waals surface area contributed by atoms with Gasteiger partial charge in [0.15, 0.2) is 17.7 Å². The molecule has 0 radical (unpaired) electrons. The number of benzene rings is 1. The zero-order valence-electron chi connectivity index (χ0n) is 19.9. The highest BCUT2D eigenvalue weighted by molar-refractivity contribution is 5.99.